The zero-order valence-corrected chi connectivity index (χ0v) is 15.8. The Kier molecular flexibility index (Phi) is 4.05. The topological polar surface area (TPSA) is 123 Å². The fourth-order valence-electron chi connectivity index (χ4n) is 4.36. The van der Waals surface area contributed by atoms with Crippen molar-refractivity contribution in [2.45, 2.75) is 38.0 Å². The normalized spacial score (nSPS) is 28.3. The number of nitrogens with one attached hydrogen (secondary N) is 1. The predicted octanol–water partition coefficient (Wildman–Crippen LogP) is 1.47. The molecule has 2 saturated carbocycles. The average molecular weight is 386 g/mol. The molecular weight excluding hydrogens is 364 g/mol. The summed E-state index contributed by atoms with van der Waals surface area (Å²) in [5, 5.41) is 5.02. The Morgan fingerprint density at radius 2 is 1.76 bits per heavy atom. The van der Waals surface area contributed by atoms with Gasteiger partial charge in [0, 0.05) is 12.1 Å². The van der Waals surface area contributed by atoms with Crippen LogP contribution in [0.5, 0.6) is 0 Å². The lowest BCUT2D eigenvalue weighted by molar-refractivity contribution is -0.128. The van der Waals surface area contributed by atoms with Crippen LogP contribution >= 0.6 is 0 Å². The number of hydrogen-bond donors (Lipinski definition) is 2. The van der Waals surface area contributed by atoms with E-state index in [1.165, 1.54) is 24.3 Å². The molecule has 0 aliphatic heterocycles. The van der Waals surface area contributed by atoms with Crippen LogP contribution in [0.3, 0.4) is 0 Å². The van der Waals surface area contributed by atoms with Crippen molar-refractivity contribution in [3.05, 3.63) is 24.3 Å². The number of carbonyl (C=O) groups excluding carboxylic acids is 1. The number of carbonyl (C=O) groups is 1. The lowest BCUT2D eigenvalue weighted by atomic mass is 9.70. The van der Waals surface area contributed by atoms with Gasteiger partial charge in [-0.05, 0) is 48.4 Å². The highest BCUT2D eigenvalue weighted by Crippen LogP contribution is 2.64. The van der Waals surface area contributed by atoms with Crippen LogP contribution < -0.4 is 9.86 Å². The number of Topliss-reactive ketones (excluding diaryl/α,β-unsaturated/α-hetero) is 1. The number of sulfonamides is 2. The summed E-state index contributed by atoms with van der Waals surface area (Å²) in [5.41, 5.74) is -0.943. The first kappa shape index (κ1) is 18.3. The van der Waals surface area contributed by atoms with Gasteiger partial charge in [0.1, 0.15) is 5.78 Å². The summed E-state index contributed by atoms with van der Waals surface area (Å²) in [6.07, 6.45) is 1.91. The third-order valence-electron chi connectivity index (χ3n) is 6.03. The van der Waals surface area contributed by atoms with Crippen LogP contribution in [0.1, 0.15) is 33.1 Å². The summed E-state index contributed by atoms with van der Waals surface area (Å²) in [6.45, 7) is 3.96. The molecule has 0 spiro atoms. The molecule has 138 valence electrons. The van der Waals surface area contributed by atoms with Crippen LogP contribution in [0.2, 0.25) is 0 Å². The molecular formula is C16H22N2O5S2. The highest BCUT2D eigenvalue weighted by Gasteiger charge is 2.65. The minimum absolute atomic E-state index is 0.0312. The van der Waals surface area contributed by atoms with Crippen LogP contribution in [-0.4, -0.2) is 28.4 Å². The lowest BCUT2D eigenvalue weighted by Gasteiger charge is -2.36. The Morgan fingerprint density at radius 1 is 1.16 bits per heavy atom. The fraction of sp³-hybridized carbons (Fsp3) is 0.562. The molecule has 2 aliphatic rings. The van der Waals surface area contributed by atoms with E-state index in [9.17, 15) is 21.6 Å². The van der Waals surface area contributed by atoms with Crippen LogP contribution in [-0.2, 0) is 24.8 Å². The number of anilines is 1. The van der Waals surface area contributed by atoms with Gasteiger partial charge in [-0.25, -0.2) is 22.0 Å². The SMILES string of the molecule is CC1(C)C2CCC1(CS(=O)(=O)Nc1ccc(S(N)(=O)=O)cc1)C(=O)C2. The first-order valence-corrected chi connectivity index (χ1v) is 11.2. The largest absolute Gasteiger partial charge is 0.299 e. The number of primary sulfonamides is 1. The summed E-state index contributed by atoms with van der Waals surface area (Å²) in [7, 11) is -7.60. The van der Waals surface area contributed by atoms with Crippen molar-refractivity contribution in [3.63, 3.8) is 0 Å². The standard InChI is InChI=1S/C16H22N2O5S2/c1-15(2)11-7-8-16(15,14(19)9-11)10-24(20,21)18-12-3-5-13(6-4-12)25(17,22)23/h3-6,11,18H,7-10H2,1-2H3,(H2,17,22,23). The molecule has 1 aromatic rings. The first-order valence-electron chi connectivity index (χ1n) is 8.04. The Labute approximate surface area is 148 Å². The van der Waals surface area contributed by atoms with E-state index in [1.807, 2.05) is 13.8 Å². The molecule has 0 aromatic heterocycles. The molecule has 0 heterocycles. The van der Waals surface area contributed by atoms with Gasteiger partial charge in [-0.3, -0.25) is 9.52 Å². The van der Waals surface area contributed by atoms with Gasteiger partial charge < -0.3 is 0 Å². The quantitative estimate of drug-likeness (QED) is 0.793. The van der Waals surface area contributed by atoms with Crippen molar-refractivity contribution in [2.24, 2.45) is 21.9 Å². The summed E-state index contributed by atoms with van der Waals surface area (Å²) in [6, 6.07) is 5.16. The van der Waals surface area contributed by atoms with E-state index < -0.39 is 25.5 Å². The van der Waals surface area contributed by atoms with Crippen molar-refractivity contribution in [3.8, 4) is 0 Å². The van der Waals surface area contributed by atoms with Gasteiger partial charge in [-0.1, -0.05) is 13.8 Å². The highest BCUT2D eigenvalue weighted by molar-refractivity contribution is 7.92. The van der Waals surface area contributed by atoms with Gasteiger partial charge in [0.05, 0.1) is 16.1 Å². The number of benzene rings is 1. The van der Waals surface area contributed by atoms with E-state index in [0.717, 1.165) is 6.42 Å². The van der Waals surface area contributed by atoms with Gasteiger partial charge >= 0.3 is 0 Å². The zero-order valence-electron chi connectivity index (χ0n) is 14.2. The minimum atomic E-state index is -3.83. The van der Waals surface area contributed by atoms with Crippen LogP contribution in [0, 0.1) is 16.7 Å². The van der Waals surface area contributed by atoms with E-state index >= 15 is 0 Å². The molecule has 1 aromatic carbocycles. The number of ketones is 1. The molecule has 3 rings (SSSR count). The summed E-state index contributed by atoms with van der Waals surface area (Å²) in [5.74, 6) is 0.0205. The second-order valence-corrected chi connectivity index (χ2v) is 10.9. The van der Waals surface area contributed by atoms with Crippen molar-refractivity contribution in [1.29, 1.82) is 0 Å². The second kappa shape index (κ2) is 5.52. The molecule has 0 amide bonds. The minimum Gasteiger partial charge on any atom is -0.299 e. The number of fused-ring (bicyclic) bond motifs is 2. The smallest absolute Gasteiger partial charge is 0.238 e. The molecule has 2 atom stereocenters. The van der Waals surface area contributed by atoms with Crippen molar-refractivity contribution in [2.75, 3.05) is 10.5 Å². The van der Waals surface area contributed by atoms with E-state index in [-0.39, 0.29) is 33.5 Å². The summed E-state index contributed by atoms with van der Waals surface area (Å²) < 4.78 is 50.2. The molecule has 2 unspecified atom stereocenters. The van der Waals surface area contributed by atoms with E-state index in [1.54, 1.807) is 0 Å². The fourth-order valence-corrected chi connectivity index (χ4v) is 6.77. The van der Waals surface area contributed by atoms with Gasteiger partial charge in [0.2, 0.25) is 20.0 Å². The Balaban J connectivity index is 1.83. The maximum absolute atomic E-state index is 12.6. The zero-order chi connectivity index (χ0) is 18.7. The van der Waals surface area contributed by atoms with Gasteiger partial charge in [-0.2, -0.15) is 0 Å². The van der Waals surface area contributed by atoms with Crippen molar-refractivity contribution >= 4 is 31.5 Å². The first-order chi connectivity index (χ1) is 11.4. The maximum atomic E-state index is 12.6. The molecule has 3 N–H and O–H groups in total. The Morgan fingerprint density at radius 3 is 2.20 bits per heavy atom. The Bertz CT molecular complexity index is 920. The van der Waals surface area contributed by atoms with Crippen molar-refractivity contribution in [1.82, 2.24) is 0 Å². The monoisotopic (exact) mass is 386 g/mol. The number of nitrogens with two attached hydrogens (primary N) is 1. The third kappa shape index (κ3) is 2.98. The lowest BCUT2D eigenvalue weighted by Crippen LogP contribution is -2.43. The van der Waals surface area contributed by atoms with Gasteiger partial charge in [-0.15, -0.1) is 0 Å². The molecule has 25 heavy (non-hydrogen) atoms. The molecule has 9 heteroatoms. The summed E-state index contributed by atoms with van der Waals surface area (Å²) in [4.78, 5) is 12.4. The van der Waals surface area contributed by atoms with Crippen LogP contribution in [0.4, 0.5) is 5.69 Å². The van der Waals surface area contributed by atoms with E-state index in [0.29, 0.717) is 12.8 Å². The molecule has 2 aliphatic carbocycles. The van der Waals surface area contributed by atoms with Crippen LogP contribution in [0.15, 0.2) is 29.2 Å². The predicted molar refractivity (Wildman–Crippen MR) is 93.8 cm³/mol. The maximum Gasteiger partial charge on any atom is 0.238 e. The molecule has 2 fully saturated rings. The highest BCUT2D eigenvalue weighted by atomic mass is 32.2. The molecule has 0 saturated heterocycles. The van der Waals surface area contributed by atoms with Crippen molar-refractivity contribution < 1.29 is 21.6 Å². The molecule has 2 bridgehead atoms. The number of rotatable bonds is 5. The second-order valence-electron chi connectivity index (χ2n) is 7.60. The molecule has 7 nitrogen and oxygen atoms in total. The van der Waals surface area contributed by atoms with Gasteiger partial charge in [0.15, 0.2) is 0 Å². The van der Waals surface area contributed by atoms with Gasteiger partial charge in [0.25, 0.3) is 0 Å². The molecule has 0 radical (unpaired) electrons. The number of hydrogen-bond acceptors (Lipinski definition) is 5. The third-order valence-corrected chi connectivity index (χ3v) is 8.38. The summed E-state index contributed by atoms with van der Waals surface area (Å²) >= 11 is 0. The average Bonchev–Trinajstić information content (AvgIpc) is 2.80. The van der Waals surface area contributed by atoms with Crippen LogP contribution in [0.25, 0.3) is 0 Å². The Hall–Kier alpha value is -1.45. The van der Waals surface area contributed by atoms with E-state index in [4.69, 9.17) is 5.14 Å². The van der Waals surface area contributed by atoms with E-state index in [2.05, 4.69) is 4.72 Å².